The molecule has 2 N–H and O–H groups in total. The van der Waals surface area contributed by atoms with Crippen molar-refractivity contribution in [1.82, 2.24) is 9.78 Å². The second-order valence-electron chi connectivity index (χ2n) is 4.52. The number of nitro groups is 1. The van der Waals surface area contributed by atoms with Crippen LogP contribution >= 0.6 is 11.6 Å². The van der Waals surface area contributed by atoms with Crippen molar-refractivity contribution in [3.63, 3.8) is 0 Å². The highest BCUT2D eigenvalue weighted by Crippen LogP contribution is 2.26. The lowest BCUT2D eigenvalue weighted by Gasteiger charge is -2.07. The van der Waals surface area contributed by atoms with Crippen molar-refractivity contribution in [1.29, 1.82) is 0 Å². The Morgan fingerprint density at radius 3 is 2.78 bits per heavy atom. The van der Waals surface area contributed by atoms with Crippen LogP contribution in [0.1, 0.15) is 16.8 Å². The van der Waals surface area contributed by atoms with Gasteiger partial charge in [-0.3, -0.25) is 19.6 Å². The minimum absolute atomic E-state index is 0.000238. The lowest BCUT2D eigenvalue weighted by atomic mass is 10.2. The first-order valence-electron chi connectivity index (χ1n) is 6.36. The Labute approximate surface area is 134 Å². The molecule has 1 aromatic heterocycles. The molecular weight excluding hydrogens is 328 g/mol. The Hall–Kier alpha value is -2.94. The fourth-order valence-corrected chi connectivity index (χ4v) is 1.91. The second kappa shape index (κ2) is 6.88. The molecule has 0 saturated carbocycles. The molecule has 0 radical (unpaired) electrons. The van der Waals surface area contributed by atoms with Crippen LogP contribution in [0.2, 0.25) is 5.02 Å². The molecule has 0 aliphatic heterocycles. The van der Waals surface area contributed by atoms with E-state index < -0.39 is 16.8 Å². The van der Waals surface area contributed by atoms with E-state index in [1.54, 1.807) is 0 Å². The Morgan fingerprint density at radius 2 is 2.17 bits per heavy atom. The van der Waals surface area contributed by atoms with E-state index in [4.69, 9.17) is 16.7 Å². The second-order valence-corrected chi connectivity index (χ2v) is 4.92. The summed E-state index contributed by atoms with van der Waals surface area (Å²) in [6, 6.07) is 3.72. The van der Waals surface area contributed by atoms with Crippen LogP contribution in [0.5, 0.6) is 0 Å². The third kappa shape index (κ3) is 4.27. The molecule has 9 nitrogen and oxygen atoms in total. The van der Waals surface area contributed by atoms with E-state index in [9.17, 15) is 19.7 Å². The van der Waals surface area contributed by atoms with E-state index in [0.717, 1.165) is 6.07 Å². The van der Waals surface area contributed by atoms with Gasteiger partial charge in [0, 0.05) is 31.3 Å². The molecule has 0 bridgehead atoms. The number of non-ortho nitro benzene ring substituents is 1. The number of nitrogens with zero attached hydrogens (tertiary/aromatic N) is 3. The minimum Gasteiger partial charge on any atom is -0.478 e. The third-order valence-electron chi connectivity index (χ3n) is 2.88. The average molecular weight is 339 g/mol. The quantitative estimate of drug-likeness (QED) is 0.613. The van der Waals surface area contributed by atoms with Gasteiger partial charge in [0.05, 0.1) is 27.4 Å². The number of nitrogens with one attached hydrogen (secondary N) is 1. The molecular formula is C13H11ClN4O5. The summed E-state index contributed by atoms with van der Waals surface area (Å²) in [7, 11) is 0. The molecule has 0 aliphatic carbocycles. The zero-order valence-corrected chi connectivity index (χ0v) is 12.4. The van der Waals surface area contributed by atoms with Gasteiger partial charge in [0.1, 0.15) is 0 Å². The van der Waals surface area contributed by atoms with Crippen molar-refractivity contribution < 1.29 is 19.6 Å². The summed E-state index contributed by atoms with van der Waals surface area (Å²) >= 11 is 5.88. The molecule has 0 fully saturated rings. The minimum atomic E-state index is -1.11. The summed E-state index contributed by atoms with van der Waals surface area (Å²) in [6.07, 6.45) is 2.48. The molecule has 10 heteroatoms. The Balaban J connectivity index is 1.98. The maximum Gasteiger partial charge on any atom is 0.338 e. The van der Waals surface area contributed by atoms with Crippen LogP contribution in [-0.2, 0) is 11.3 Å². The number of hydrogen-bond donors (Lipinski definition) is 2. The van der Waals surface area contributed by atoms with Gasteiger partial charge in [-0.1, -0.05) is 11.6 Å². The van der Waals surface area contributed by atoms with Crippen molar-refractivity contribution in [3.05, 3.63) is 51.3 Å². The molecule has 0 aliphatic rings. The summed E-state index contributed by atoms with van der Waals surface area (Å²) in [4.78, 5) is 32.7. The van der Waals surface area contributed by atoms with Crippen molar-refractivity contribution >= 4 is 34.9 Å². The summed E-state index contributed by atoms with van der Waals surface area (Å²) in [5.41, 5.74) is -0.0347. The largest absolute Gasteiger partial charge is 0.478 e. The SMILES string of the molecule is O=C(CCn1cc(C(=O)O)cn1)Nc1cc([N+](=O)[O-])ccc1Cl. The molecule has 0 unspecified atom stereocenters. The standard InChI is InChI=1S/C13H11ClN4O5/c14-10-2-1-9(18(22)23)5-11(10)16-12(19)3-4-17-7-8(6-15-17)13(20)21/h1-2,5-7H,3-4H2,(H,16,19)(H,20,21). The van der Waals surface area contributed by atoms with Crippen LogP contribution in [0.25, 0.3) is 0 Å². The lowest BCUT2D eigenvalue weighted by Crippen LogP contribution is -2.15. The number of carbonyl (C=O) groups excluding carboxylic acids is 1. The van der Waals surface area contributed by atoms with Gasteiger partial charge in [0.2, 0.25) is 5.91 Å². The highest BCUT2D eigenvalue weighted by atomic mass is 35.5. The third-order valence-corrected chi connectivity index (χ3v) is 3.21. The number of carbonyl (C=O) groups is 2. The number of aromatic carboxylic acids is 1. The molecule has 120 valence electrons. The summed E-state index contributed by atoms with van der Waals surface area (Å²) in [5, 5.41) is 25.9. The number of carboxylic acid groups (broad SMARTS) is 1. The topological polar surface area (TPSA) is 127 Å². The maximum atomic E-state index is 11.9. The number of halogens is 1. The van der Waals surface area contributed by atoms with E-state index in [2.05, 4.69) is 10.4 Å². The van der Waals surface area contributed by atoms with Crippen LogP contribution in [0.15, 0.2) is 30.6 Å². The average Bonchev–Trinajstić information content (AvgIpc) is 2.96. The lowest BCUT2D eigenvalue weighted by molar-refractivity contribution is -0.384. The molecule has 1 heterocycles. The molecule has 0 spiro atoms. The van der Waals surface area contributed by atoms with Crippen LogP contribution in [0.4, 0.5) is 11.4 Å². The van der Waals surface area contributed by atoms with Crippen LogP contribution < -0.4 is 5.32 Å². The number of aromatic nitrogens is 2. The van der Waals surface area contributed by atoms with E-state index in [-0.39, 0.29) is 34.9 Å². The van der Waals surface area contributed by atoms with Gasteiger partial charge in [-0.25, -0.2) is 4.79 Å². The predicted octanol–water partition coefficient (Wildman–Crippen LogP) is 2.17. The fourth-order valence-electron chi connectivity index (χ4n) is 1.75. The number of anilines is 1. The van der Waals surface area contributed by atoms with E-state index in [0.29, 0.717) is 0 Å². The molecule has 1 amide bonds. The number of benzene rings is 1. The van der Waals surface area contributed by atoms with Crippen LogP contribution in [0.3, 0.4) is 0 Å². The molecule has 2 rings (SSSR count). The van der Waals surface area contributed by atoms with Gasteiger partial charge in [0.25, 0.3) is 5.69 Å². The zero-order valence-electron chi connectivity index (χ0n) is 11.6. The highest BCUT2D eigenvalue weighted by Gasteiger charge is 2.13. The smallest absolute Gasteiger partial charge is 0.338 e. The van der Waals surface area contributed by atoms with Crippen molar-refractivity contribution in [2.45, 2.75) is 13.0 Å². The van der Waals surface area contributed by atoms with Crippen molar-refractivity contribution in [2.75, 3.05) is 5.32 Å². The maximum absolute atomic E-state index is 11.9. The molecule has 0 atom stereocenters. The number of aryl methyl sites for hydroxylation is 1. The molecule has 2 aromatic rings. The summed E-state index contributed by atoms with van der Waals surface area (Å²) in [6.45, 7) is 0.158. The van der Waals surface area contributed by atoms with Gasteiger partial charge in [0.15, 0.2) is 0 Å². The van der Waals surface area contributed by atoms with Crippen LogP contribution in [-0.4, -0.2) is 31.7 Å². The van der Waals surface area contributed by atoms with Gasteiger partial charge in [-0.05, 0) is 6.07 Å². The van der Waals surface area contributed by atoms with Gasteiger partial charge in [-0.15, -0.1) is 0 Å². The summed E-state index contributed by atoms with van der Waals surface area (Å²) in [5.74, 6) is -1.54. The van der Waals surface area contributed by atoms with E-state index in [1.165, 1.54) is 29.2 Å². The number of rotatable bonds is 6. The van der Waals surface area contributed by atoms with Crippen LogP contribution in [0, 0.1) is 10.1 Å². The monoisotopic (exact) mass is 338 g/mol. The van der Waals surface area contributed by atoms with Gasteiger partial charge >= 0.3 is 5.97 Å². The first-order chi connectivity index (χ1) is 10.9. The Kier molecular flexibility index (Phi) is 4.91. The first kappa shape index (κ1) is 16.4. The van der Waals surface area contributed by atoms with Gasteiger partial charge in [-0.2, -0.15) is 5.10 Å². The first-order valence-corrected chi connectivity index (χ1v) is 6.74. The molecule has 23 heavy (non-hydrogen) atoms. The zero-order chi connectivity index (χ0) is 17.0. The Morgan fingerprint density at radius 1 is 1.43 bits per heavy atom. The normalized spacial score (nSPS) is 10.3. The van der Waals surface area contributed by atoms with E-state index in [1.807, 2.05) is 0 Å². The highest BCUT2D eigenvalue weighted by molar-refractivity contribution is 6.33. The fraction of sp³-hybridized carbons (Fsp3) is 0.154. The van der Waals surface area contributed by atoms with Crippen molar-refractivity contribution in [3.8, 4) is 0 Å². The predicted molar refractivity (Wildman–Crippen MR) is 80.5 cm³/mol. The molecule has 0 saturated heterocycles. The van der Waals surface area contributed by atoms with Crippen molar-refractivity contribution in [2.24, 2.45) is 0 Å². The number of hydrogen-bond acceptors (Lipinski definition) is 5. The van der Waals surface area contributed by atoms with Gasteiger partial charge < -0.3 is 10.4 Å². The Bertz CT molecular complexity index is 773. The number of amides is 1. The summed E-state index contributed by atoms with van der Waals surface area (Å²) < 4.78 is 1.32. The number of nitro benzene ring substituents is 1. The molecule has 1 aromatic carbocycles. The van der Waals surface area contributed by atoms with E-state index >= 15 is 0 Å². The number of carboxylic acids is 1.